The van der Waals surface area contributed by atoms with Crippen molar-refractivity contribution in [2.45, 2.75) is 31.7 Å². The molecule has 1 aliphatic rings. The molecule has 1 unspecified atom stereocenters. The lowest BCUT2D eigenvalue weighted by Crippen LogP contribution is -2.36. The summed E-state index contributed by atoms with van der Waals surface area (Å²) < 4.78 is 24.6. The summed E-state index contributed by atoms with van der Waals surface area (Å²) in [5, 5.41) is 8.82. The summed E-state index contributed by atoms with van der Waals surface area (Å²) in [4.78, 5) is 2.25. The number of hydrogen-bond donors (Lipinski definition) is 1. The molecule has 0 bridgehead atoms. The van der Waals surface area contributed by atoms with Crippen molar-refractivity contribution < 1.29 is 13.5 Å². The van der Waals surface area contributed by atoms with Crippen LogP contribution >= 0.6 is 0 Å². The first-order chi connectivity index (χ1) is 7.97. The smallest absolute Gasteiger partial charge is 0.214 e. The average molecular weight is 264 g/mol. The van der Waals surface area contributed by atoms with Gasteiger partial charge in [0.1, 0.15) is 0 Å². The minimum absolute atomic E-state index is 0.190. The van der Waals surface area contributed by atoms with Gasteiger partial charge >= 0.3 is 0 Å². The third kappa shape index (κ3) is 4.54. The van der Waals surface area contributed by atoms with Gasteiger partial charge in [0.05, 0.1) is 5.75 Å². The van der Waals surface area contributed by atoms with Crippen molar-refractivity contribution in [1.82, 2.24) is 9.21 Å². The van der Waals surface area contributed by atoms with Crippen molar-refractivity contribution >= 4 is 10.0 Å². The summed E-state index contributed by atoms with van der Waals surface area (Å²) in [6.45, 7) is 1.82. The van der Waals surface area contributed by atoms with Crippen LogP contribution in [-0.4, -0.2) is 68.3 Å². The molecular formula is C11H24N2O3S. The van der Waals surface area contributed by atoms with Crippen LogP contribution in [0.3, 0.4) is 0 Å². The summed E-state index contributed by atoms with van der Waals surface area (Å²) in [6, 6.07) is 0.458. The monoisotopic (exact) mass is 264 g/mol. The molecule has 1 rings (SSSR count). The van der Waals surface area contributed by atoms with Gasteiger partial charge in [-0.05, 0) is 32.2 Å². The molecule has 1 atom stereocenters. The molecule has 0 aromatic carbocycles. The minimum Gasteiger partial charge on any atom is -0.396 e. The minimum atomic E-state index is -3.09. The number of likely N-dealkylation sites (tertiary alicyclic amines) is 1. The average Bonchev–Trinajstić information content (AvgIpc) is 2.71. The zero-order chi connectivity index (χ0) is 12.9. The third-order valence-electron chi connectivity index (χ3n) is 3.39. The van der Waals surface area contributed by atoms with E-state index in [0.29, 0.717) is 12.6 Å². The lowest BCUT2D eigenvalue weighted by atomic mass is 10.1. The van der Waals surface area contributed by atoms with E-state index in [1.54, 1.807) is 14.1 Å². The summed E-state index contributed by atoms with van der Waals surface area (Å²) in [7, 11) is 0.0566. The van der Waals surface area contributed by atoms with Gasteiger partial charge in [0.25, 0.3) is 0 Å². The van der Waals surface area contributed by atoms with Gasteiger partial charge in [-0.1, -0.05) is 0 Å². The van der Waals surface area contributed by atoms with Crippen molar-refractivity contribution in [3.63, 3.8) is 0 Å². The van der Waals surface area contributed by atoms with E-state index in [0.717, 1.165) is 32.2 Å². The molecule has 17 heavy (non-hydrogen) atoms. The Kier molecular flexibility index (Phi) is 5.85. The number of rotatable bonds is 7. The van der Waals surface area contributed by atoms with Crippen molar-refractivity contribution in [3.8, 4) is 0 Å². The Morgan fingerprint density at radius 2 is 2.12 bits per heavy atom. The van der Waals surface area contributed by atoms with Gasteiger partial charge in [0.15, 0.2) is 0 Å². The highest BCUT2D eigenvalue weighted by Gasteiger charge is 2.25. The van der Waals surface area contributed by atoms with Crippen LogP contribution in [0.2, 0.25) is 0 Å². The van der Waals surface area contributed by atoms with Gasteiger partial charge in [-0.25, -0.2) is 12.7 Å². The lowest BCUT2D eigenvalue weighted by Gasteiger charge is -2.24. The van der Waals surface area contributed by atoms with Crippen LogP contribution in [0.15, 0.2) is 0 Å². The molecular weight excluding hydrogens is 240 g/mol. The van der Waals surface area contributed by atoms with E-state index in [9.17, 15) is 8.42 Å². The molecule has 0 amide bonds. The first kappa shape index (κ1) is 14.9. The second-order valence-electron chi connectivity index (χ2n) is 4.80. The second kappa shape index (κ2) is 6.68. The molecule has 1 N–H and O–H groups in total. The summed E-state index contributed by atoms with van der Waals surface area (Å²) in [5.74, 6) is 0.190. The van der Waals surface area contributed by atoms with Gasteiger partial charge in [0, 0.05) is 33.3 Å². The Morgan fingerprint density at radius 1 is 1.41 bits per heavy atom. The maximum absolute atomic E-state index is 11.7. The Bertz CT molecular complexity index is 317. The van der Waals surface area contributed by atoms with E-state index in [4.69, 9.17) is 5.11 Å². The van der Waals surface area contributed by atoms with Crippen LogP contribution in [0.25, 0.3) is 0 Å². The summed E-state index contributed by atoms with van der Waals surface area (Å²) in [5.41, 5.74) is 0. The SMILES string of the molecule is CN(C)S(=O)(=O)CCN1CCCC1CCCO. The van der Waals surface area contributed by atoms with Crippen molar-refractivity contribution in [3.05, 3.63) is 0 Å². The molecule has 102 valence electrons. The molecule has 0 aromatic heterocycles. The quantitative estimate of drug-likeness (QED) is 0.709. The van der Waals surface area contributed by atoms with Gasteiger partial charge in [-0.15, -0.1) is 0 Å². The van der Waals surface area contributed by atoms with Crippen molar-refractivity contribution in [1.29, 1.82) is 0 Å². The number of aliphatic hydroxyl groups excluding tert-OH is 1. The molecule has 0 radical (unpaired) electrons. The molecule has 1 saturated heterocycles. The van der Waals surface area contributed by atoms with Gasteiger partial charge < -0.3 is 5.11 Å². The van der Waals surface area contributed by atoms with Crippen LogP contribution in [-0.2, 0) is 10.0 Å². The van der Waals surface area contributed by atoms with Crippen molar-refractivity contribution in [2.75, 3.05) is 39.5 Å². The van der Waals surface area contributed by atoms with Crippen LogP contribution < -0.4 is 0 Å². The fourth-order valence-corrected chi connectivity index (χ4v) is 3.09. The molecule has 0 spiro atoms. The maximum atomic E-state index is 11.7. The molecule has 5 nitrogen and oxygen atoms in total. The highest BCUT2D eigenvalue weighted by molar-refractivity contribution is 7.89. The molecule has 1 aliphatic heterocycles. The predicted molar refractivity (Wildman–Crippen MR) is 68.4 cm³/mol. The van der Waals surface area contributed by atoms with E-state index in [2.05, 4.69) is 4.90 Å². The van der Waals surface area contributed by atoms with Crippen LogP contribution in [0.5, 0.6) is 0 Å². The summed E-state index contributed by atoms with van der Waals surface area (Å²) in [6.07, 6.45) is 4.04. The topological polar surface area (TPSA) is 60.9 Å². The largest absolute Gasteiger partial charge is 0.396 e. The highest BCUT2D eigenvalue weighted by Crippen LogP contribution is 2.21. The van der Waals surface area contributed by atoms with Crippen molar-refractivity contribution in [2.24, 2.45) is 0 Å². The first-order valence-corrected chi connectivity index (χ1v) is 7.83. The Morgan fingerprint density at radius 3 is 2.71 bits per heavy atom. The predicted octanol–water partition coefficient (Wildman–Crippen LogP) is 0.115. The van der Waals surface area contributed by atoms with Crippen LogP contribution in [0.4, 0.5) is 0 Å². The zero-order valence-corrected chi connectivity index (χ0v) is 11.6. The molecule has 1 fully saturated rings. The standard InChI is InChI=1S/C11H24N2O3S/c1-12(2)17(15,16)10-8-13-7-3-5-11(13)6-4-9-14/h11,14H,3-10H2,1-2H3. The first-order valence-electron chi connectivity index (χ1n) is 6.22. The number of aliphatic hydroxyl groups is 1. The lowest BCUT2D eigenvalue weighted by molar-refractivity contribution is 0.223. The second-order valence-corrected chi connectivity index (χ2v) is 7.10. The third-order valence-corrected chi connectivity index (χ3v) is 5.20. The van der Waals surface area contributed by atoms with E-state index >= 15 is 0 Å². The van der Waals surface area contributed by atoms with Gasteiger partial charge in [-0.2, -0.15) is 0 Å². The molecule has 0 saturated carbocycles. The highest BCUT2D eigenvalue weighted by atomic mass is 32.2. The Hall–Kier alpha value is -0.170. The summed E-state index contributed by atoms with van der Waals surface area (Å²) >= 11 is 0. The van der Waals surface area contributed by atoms with E-state index in [-0.39, 0.29) is 12.4 Å². The molecule has 6 heteroatoms. The van der Waals surface area contributed by atoms with E-state index < -0.39 is 10.0 Å². The Labute approximate surface area is 104 Å². The van der Waals surface area contributed by atoms with Gasteiger partial charge in [-0.3, -0.25) is 4.90 Å². The van der Waals surface area contributed by atoms with E-state index in [1.807, 2.05) is 0 Å². The van der Waals surface area contributed by atoms with Crippen LogP contribution in [0, 0.1) is 0 Å². The zero-order valence-electron chi connectivity index (χ0n) is 10.8. The van der Waals surface area contributed by atoms with E-state index in [1.165, 1.54) is 4.31 Å². The Balaban J connectivity index is 2.40. The van der Waals surface area contributed by atoms with Crippen LogP contribution in [0.1, 0.15) is 25.7 Å². The normalized spacial score (nSPS) is 22.5. The number of nitrogens with zero attached hydrogens (tertiary/aromatic N) is 2. The molecule has 0 aliphatic carbocycles. The number of sulfonamides is 1. The fraction of sp³-hybridized carbons (Fsp3) is 1.00. The van der Waals surface area contributed by atoms with Gasteiger partial charge in [0.2, 0.25) is 10.0 Å². The molecule has 0 aromatic rings. The fourth-order valence-electron chi connectivity index (χ4n) is 2.26. The maximum Gasteiger partial charge on any atom is 0.214 e. The number of hydrogen-bond acceptors (Lipinski definition) is 4. The molecule has 1 heterocycles.